The first-order valence-corrected chi connectivity index (χ1v) is 16.9. The average molecular weight is 676 g/mol. The van der Waals surface area contributed by atoms with Crippen molar-refractivity contribution in [3.63, 3.8) is 0 Å². The molecule has 1 saturated heterocycles. The van der Waals surface area contributed by atoms with Gasteiger partial charge in [-0.1, -0.05) is 57.0 Å². The van der Waals surface area contributed by atoms with Crippen molar-refractivity contribution in [2.45, 2.75) is 69.9 Å². The van der Waals surface area contributed by atoms with Crippen LogP contribution in [-0.4, -0.2) is 71.4 Å². The standard InChI is InChI=1S/C37H42ClN3O7/c1-37(2,25-12-16-28(17-13-25)48-23-26(42)22-38)24-10-14-27(15-11-24)47-21-6-4-3-5-20-39-30-9-7-8-29-33(30)36(46)41(35(29)45)31-18-19-32(43)40-34(31)44/h7-17,26,31,39,42H,3-6,18-23H2,1-2H3,(H,40,43,44). The molecule has 3 N–H and O–H groups in total. The number of piperidine rings is 1. The van der Waals surface area contributed by atoms with Crippen LogP contribution >= 0.6 is 11.6 Å². The second-order valence-corrected chi connectivity index (χ2v) is 13.0. The molecular formula is C37H42ClN3O7. The Balaban J connectivity index is 1.02. The number of anilines is 1. The van der Waals surface area contributed by atoms with Crippen molar-refractivity contribution in [1.82, 2.24) is 10.2 Å². The lowest BCUT2D eigenvalue weighted by molar-refractivity contribution is -0.136. The highest BCUT2D eigenvalue weighted by Gasteiger charge is 2.45. The van der Waals surface area contributed by atoms with Crippen LogP contribution < -0.4 is 20.1 Å². The van der Waals surface area contributed by atoms with E-state index in [-0.39, 0.29) is 41.9 Å². The number of hydrogen-bond donors (Lipinski definition) is 3. The lowest BCUT2D eigenvalue weighted by atomic mass is 9.78. The number of unbranched alkanes of at least 4 members (excludes halogenated alkanes) is 3. The molecule has 11 heteroatoms. The molecule has 48 heavy (non-hydrogen) atoms. The number of alkyl halides is 1. The number of carbonyl (C=O) groups is 4. The molecule has 2 aliphatic heterocycles. The number of hydrogen-bond acceptors (Lipinski definition) is 8. The smallest absolute Gasteiger partial charge is 0.264 e. The summed E-state index contributed by atoms with van der Waals surface area (Å²) in [6, 6.07) is 20.1. The van der Waals surface area contributed by atoms with Gasteiger partial charge in [0, 0.05) is 24.1 Å². The molecule has 3 aromatic carbocycles. The van der Waals surface area contributed by atoms with Crippen LogP contribution in [0.3, 0.4) is 0 Å². The van der Waals surface area contributed by atoms with E-state index >= 15 is 0 Å². The summed E-state index contributed by atoms with van der Waals surface area (Å²) in [5, 5.41) is 15.1. The first-order chi connectivity index (χ1) is 23.1. The summed E-state index contributed by atoms with van der Waals surface area (Å²) in [7, 11) is 0. The van der Waals surface area contributed by atoms with E-state index in [4.69, 9.17) is 21.1 Å². The number of ether oxygens (including phenoxy) is 2. The molecule has 0 aliphatic carbocycles. The number of benzene rings is 3. The third kappa shape index (κ3) is 7.99. The Morgan fingerprint density at radius 1 is 0.896 bits per heavy atom. The maximum Gasteiger partial charge on any atom is 0.264 e. The van der Waals surface area contributed by atoms with Crippen LogP contribution in [0.1, 0.15) is 84.2 Å². The van der Waals surface area contributed by atoms with Crippen LogP contribution in [0.4, 0.5) is 5.69 Å². The number of carbonyl (C=O) groups excluding carboxylic acids is 4. The van der Waals surface area contributed by atoms with Gasteiger partial charge in [0.15, 0.2) is 0 Å². The summed E-state index contributed by atoms with van der Waals surface area (Å²) in [4.78, 5) is 51.1. The zero-order valence-electron chi connectivity index (χ0n) is 27.3. The minimum atomic E-state index is -0.983. The van der Waals surface area contributed by atoms with E-state index in [1.165, 1.54) is 0 Å². The van der Waals surface area contributed by atoms with Crippen LogP contribution in [0.2, 0.25) is 0 Å². The zero-order chi connectivity index (χ0) is 34.3. The summed E-state index contributed by atoms with van der Waals surface area (Å²) >= 11 is 5.63. The average Bonchev–Trinajstić information content (AvgIpc) is 3.34. The second kappa shape index (κ2) is 15.7. The molecule has 0 saturated carbocycles. The Morgan fingerprint density at radius 2 is 1.54 bits per heavy atom. The monoisotopic (exact) mass is 675 g/mol. The van der Waals surface area contributed by atoms with E-state index in [9.17, 15) is 24.3 Å². The highest BCUT2D eigenvalue weighted by molar-refractivity contribution is 6.25. The summed E-state index contributed by atoms with van der Waals surface area (Å²) in [5.74, 6) is -0.399. The molecule has 2 unspecified atom stereocenters. The van der Waals surface area contributed by atoms with Gasteiger partial charge in [-0.3, -0.25) is 29.4 Å². The van der Waals surface area contributed by atoms with Gasteiger partial charge in [0.25, 0.3) is 11.8 Å². The molecule has 2 heterocycles. The maximum atomic E-state index is 13.2. The number of rotatable bonds is 16. The number of aliphatic hydroxyl groups excluding tert-OH is 1. The van der Waals surface area contributed by atoms with Crippen LogP contribution in [0.15, 0.2) is 66.7 Å². The normalized spacial score (nSPS) is 16.8. The van der Waals surface area contributed by atoms with Crippen LogP contribution in [0.5, 0.6) is 11.5 Å². The van der Waals surface area contributed by atoms with E-state index in [0.717, 1.165) is 47.5 Å². The summed E-state index contributed by atoms with van der Waals surface area (Å²) in [6.07, 6.45) is 3.23. The van der Waals surface area contributed by atoms with Crippen LogP contribution in [0, 0.1) is 0 Å². The number of nitrogens with one attached hydrogen (secondary N) is 2. The molecule has 1 fully saturated rings. The quantitative estimate of drug-likeness (QED) is 0.104. The van der Waals surface area contributed by atoms with E-state index in [1.54, 1.807) is 18.2 Å². The number of aliphatic hydroxyl groups is 1. The highest BCUT2D eigenvalue weighted by atomic mass is 35.5. The lowest BCUT2D eigenvalue weighted by Gasteiger charge is -2.27. The zero-order valence-corrected chi connectivity index (χ0v) is 28.1. The molecule has 254 valence electrons. The third-order valence-electron chi connectivity index (χ3n) is 8.90. The molecule has 4 amide bonds. The molecule has 0 radical (unpaired) electrons. The molecular weight excluding hydrogens is 634 g/mol. The van der Waals surface area contributed by atoms with Gasteiger partial charge in [0.2, 0.25) is 11.8 Å². The van der Waals surface area contributed by atoms with Gasteiger partial charge >= 0.3 is 0 Å². The Hall–Kier alpha value is -4.41. The fourth-order valence-electron chi connectivity index (χ4n) is 6.00. The number of fused-ring (bicyclic) bond motifs is 1. The van der Waals surface area contributed by atoms with E-state index in [0.29, 0.717) is 24.6 Å². The first-order valence-electron chi connectivity index (χ1n) is 16.4. The van der Waals surface area contributed by atoms with Gasteiger partial charge in [-0.05, 0) is 66.8 Å². The molecule has 0 spiro atoms. The molecule has 0 bridgehead atoms. The number of amides is 4. The van der Waals surface area contributed by atoms with Gasteiger partial charge in [-0.2, -0.15) is 0 Å². The fourth-order valence-corrected chi connectivity index (χ4v) is 6.08. The predicted molar refractivity (Wildman–Crippen MR) is 183 cm³/mol. The van der Waals surface area contributed by atoms with Gasteiger partial charge in [-0.15, -0.1) is 11.6 Å². The number of halogens is 1. The van der Waals surface area contributed by atoms with Gasteiger partial charge in [0.1, 0.15) is 30.3 Å². The van der Waals surface area contributed by atoms with E-state index in [1.807, 2.05) is 36.4 Å². The minimum Gasteiger partial charge on any atom is -0.494 e. The summed E-state index contributed by atoms with van der Waals surface area (Å²) < 4.78 is 11.6. The van der Waals surface area contributed by atoms with Gasteiger partial charge in [-0.25, -0.2) is 0 Å². The summed E-state index contributed by atoms with van der Waals surface area (Å²) in [5.41, 5.74) is 3.19. The number of nitrogens with zero attached hydrogens (tertiary/aromatic N) is 1. The Labute approximate surface area is 285 Å². The van der Waals surface area contributed by atoms with Crippen molar-refractivity contribution >= 4 is 40.9 Å². The largest absolute Gasteiger partial charge is 0.494 e. The van der Waals surface area contributed by atoms with Crippen molar-refractivity contribution in [3.05, 3.63) is 89.0 Å². The van der Waals surface area contributed by atoms with Gasteiger partial charge < -0.3 is 19.9 Å². The summed E-state index contributed by atoms with van der Waals surface area (Å²) in [6.45, 7) is 5.73. The Bertz CT molecular complexity index is 1620. The number of imide groups is 2. The topological polar surface area (TPSA) is 134 Å². The van der Waals surface area contributed by atoms with Crippen molar-refractivity contribution < 1.29 is 33.8 Å². The first kappa shape index (κ1) is 34.9. The van der Waals surface area contributed by atoms with Crippen molar-refractivity contribution in [2.24, 2.45) is 0 Å². The van der Waals surface area contributed by atoms with Crippen molar-refractivity contribution in [3.8, 4) is 11.5 Å². The molecule has 0 aromatic heterocycles. The molecule has 5 rings (SSSR count). The molecule has 10 nitrogen and oxygen atoms in total. The molecule has 3 aromatic rings. The maximum absolute atomic E-state index is 13.2. The Kier molecular flexibility index (Phi) is 11.4. The molecule has 2 aliphatic rings. The lowest BCUT2D eigenvalue weighted by Crippen LogP contribution is -2.54. The SMILES string of the molecule is CC(C)(c1ccc(OCCCCCCNc2cccc3c2C(=O)N(C2CCC(=O)NC2=O)C3=O)cc1)c1ccc(OCC(O)CCl)cc1. The third-order valence-corrected chi connectivity index (χ3v) is 9.25. The van der Waals surface area contributed by atoms with Gasteiger partial charge in [0.05, 0.1) is 23.6 Å². The highest BCUT2D eigenvalue weighted by Crippen LogP contribution is 2.34. The van der Waals surface area contributed by atoms with E-state index < -0.39 is 35.8 Å². The molecule has 2 atom stereocenters. The van der Waals surface area contributed by atoms with Crippen LogP contribution in [0.25, 0.3) is 0 Å². The minimum absolute atomic E-state index is 0.0853. The second-order valence-electron chi connectivity index (χ2n) is 12.7. The Morgan fingerprint density at radius 3 is 2.19 bits per heavy atom. The predicted octanol–water partition coefficient (Wildman–Crippen LogP) is 5.44. The van der Waals surface area contributed by atoms with E-state index in [2.05, 4.69) is 36.6 Å². The fraction of sp³-hybridized carbons (Fsp3) is 0.405. The van der Waals surface area contributed by atoms with Crippen LogP contribution in [-0.2, 0) is 15.0 Å². The van der Waals surface area contributed by atoms with Crippen molar-refractivity contribution in [2.75, 3.05) is 31.0 Å². The van der Waals surface area contributed by atoms with Crippen molar-refractivity contribution in [1.29, 1.82) is 0 Å².